The van der Waals surface area contributed by atoms with E-state index in [1.807, 2.05) is 30.0 Å². The summed E-state index contributed by atoms with van der Waals surface area (Å²) in [5.74, 6) is 2.77. The highest BCUT2D eigenvalue weighted by atomic mass is 16.6. The van der Waals surface area contributed by atoms with Crippen LogP contribution in [0, 0.1) is 18.8 Å². The standard InChI is InChI=1S/C20H24N4O3/c1-13-19(20(25)23-11-14-4-2-3-5-15(14)12-23)21-22-24(13)16-6-7-17-18(10-16)27-9-8-26-17/h6-7,10,14-15H,2-5,8-9,11-12H2,1H3/t14-,15+. The van der Waals surface area contributed by atoms with Gasteiger partial charge in [-0.15, -0.1) is 5.10 Å². The number of aromatic nitrogens is 3. The fourth-order valence-electron chi connectivity index (χ4n) is 4.66. The number of benzene rings is 1. The van der Waals surface area contributed by atoms with Crippen LogP contribution in [0.1, 0.15) is 41.9 Å². The second-order valence-electron chi connectivity index (χ2n) is 7.78. The number of ether oxygens (including phenoxy) is 2. The molecule has 7 nitrogen and oxygen atoms in total. The second-order valence-corrected chi connectivity index (χ2v) is 7.78. The summed E-state index contributed by atoms with van der Waals surface area (Å²) in [5.41, 5.74) is 2.02. The average molecular weight is 368 g/mol. The van der Waals surface area contributed by atoms with Gasteiger partial charge in [-0.3, -0.25) is 4.79 Å². The molecule has 142 valence electrons. The largest absolute Gasteiger partial charge is 0.486 e. The number of carbonyl (C=O) groups excluding carboxylic acids is 1. The van der Waals surface area contributed by atoms with Crippen LogP contribution in [0.25, 0.3) is 5.69 Å². The normalized spacial score (nSPS) is 24.0. The van der Waals surface area contributed by atoms with Crippen LogP contribution in [0.5, 0.6) is 11.5 Å². The summed E-state index contributed by atoms with van der Waals surface area (Å²) in [7, 11) is 0. The van der Waals surface area contributed by atoms with Crippen molar-refractivity contribution in [2.45, 2.75) is 32.6 Å². The van der Waals surface area contributed by atoms with E-state index in [0.717, 1.165) is 30.2 Å². The van der Waals surface area contributed by atoms with Crippen LogP contribution >= 0.6 is 0 Å². The van der Waals surface area contributed by atoms with Gasteiger partial charge in [0.05, 0.1) is 11.4 Å². The fraction of sp³-hybridized carbons (Fsp3) is 0.550. The van der Waals surface area contributed by atoms with Gasteiger partial charge in [0.25, 0.3) is 5.91 Å². The summed E-state index contributed by atoms with van der Waals surface area (Å²) in [6.45, 7) is 4.71. The van der Waals surface area contributed by atoms with Crippen molar-refractivity contribution in [1.82, 2.24) is 19.9 Å². The van der Waals surface area contributed by atoms with Crippen LogP contribution in [0.15, 0.2) is 18.2 Å². The minimum absolute atomic E-state index is 0.00527. The van der Waals surface area contributed by atoms with E-state index in [0.29, 0.717) is 36.5 Å². The van der Waals surface area contributed by atoms with E-state index < -0.39 is 0 Å². The summed E-state index contributed by atoms with van der Waals surface area (Å²) >= 11 is 0. The fourth-order valence-corrected chi connectivity index (χ4v) is 4.66. The highest BCUT2D eigenvalue weighted by molar-refractivity contribution is 5.93. The molecule has 1 saturated heterocycles. The van der Waals surface area contributed by atoms with E-state index in [2.05, 4.69) is 10.3 Å². The van der Waals surface area contributed by atoms with Gasteiger partial charge < -0.3 is 14.4 Å². The Hall–Kier alpha value is -2.57. The third-order valence-electron chi connectivity index (χ3n) is 6.13. The molecular formula is C20H24N4O3. The minimum Gasteiger partial charge on any atom is -0.486 e. The van der Waals surface area contributed by atoms with Gasteiger partial charge in [-0.2, -0.15) is 0 Å². The molecule has 1 aromatic heterocycles. The van der Waals surface area contributed by atoms with Crippen LogP contribution in [0.3, 0.4) is 0 Å². The smallest absolute Gasteiger partial charge is 0.276 e. The van der Waals surface area contributed by atoms with Gasteiger partial charge in [-0.1, -0.05) is 18.1 Å². The summed E-state index contributed by atoms with van der Waals surface area (Å²) in [4.78, 5) is 15.0. The van der Waals surface area contributed by atoms with E-state index >= 15 is 0 Å². The van der Waals surface area contributed by atoms with Crippen LogP contribution in [0.2, 0.25) is 0 Å². The maximum absolute atomic E-state index is 13.1. The maximum Gasteiger partial charge on any atom is 0.276 e. The SMILES string of the molecule is Cc1c(C(=O)N2C[C@H]3CCCC[C@H]3C2)nnn1-c1ccc2c(c1)OCCO2. The van der Waals surface area contributed by atoms with Gasteiger partial charge >= 0.3 is 0 Å². The van der Waals surface area contributed by atoms with Crippen molar-refractivity contribution in [2.24, 2.45) is 11.8 Å². The lowest BCUT2D eigenvalue weighted by molar-refractivity contribution is 0.0777. The molecule has 1 amide bonds. The number of nitrogens with zero attached hydrogens (tertiary/aromatic N) is 4. The topological polar surface area (TPSA) is 69.5 Å². The van der Waals surface area contributed by atoms with Crippen molar-refractivity contribution < 1.29 is 14.3 Å². The first-order valence-electron chi connectivity index (χ1n) is 9.82. The third-order valence-corrected chi connectivity index (χ3v) is 6.13. The van der Waals surface area contributed by atoms with Crippen molar-refractivity contribution in [3.63, 3.8) is 0 Å². The Morgan fingerprint density at radius 2 is 1.78 bits per heavy atom. The number of hydrogen-bond donors (Lipinski definition) is 0. The number of rotatable bonds is 2. The van der Waals surface area contributed by atoms with Crippen molar-refractivity contribution in [3.8, 4) is 17.2 Å². The van der Waals surface area contributed by atoms with E-state index in [1.54, 1.807) is 4.68 Å². The molecule has 1 saturated carbocycles. The molecule has 2 atom stereocenters. The molecule has 0 spiro atoms. The maximum atomic E-state index is 13.1. The van der Waals surface area contributed by atoms with Crippen LogP contribution in [0.4, 0.5) is 0 Å². The Labute approximate surface area is 158 Å². The van der Waals surface area contributed by atoms with Crippen LogP contribution in [-0.2, 0) is 0 Å². The third kappa shape index (κ3) is 2.85. The first kappa shape index (κ1) is 16.6. The molecule has 2 fully saturated rings. The van der Waals surface area contributed by atoms with E-state index in [9.17, 15) is 4.79 Å². The quantitative estimate of drug-likeness (QED) is 0.815. The molecule has 0 bridgehead atoms. The molecule has 0 N–H and O–H groups in total. The first-order chi connectivity index (χ1) is 13.2. The monoisotopic (exact) mass is 368 g/mol. The van der Waals surface area contributed by atoms with Gasteiger partial charge in [0.2, 0.25) is 0 Å². The number of carbonyl (C=O) groups is 1. The molecule has 27 heavy (non-hydrogen) atoms. The minimum atomic E-state index is 0.00527. The van der Waals surface area contributed by atoms with Crippen LogP contribution < -0.4 is 9.47 Å². The molecule has 0 radical (unpaired) electrons. The summed E-state index contributed by atoms with van der Waals surface area (Å²) in [6, 6.07) is 5.67. The van der Waals surface area contributed by atoms with E-state index in [1.165, 1.54) is 25.7 Å². The zero-order chi connectivity index (χ0) is 18.4. The lowest BCUT2D eigenvalue weighted by Crippen LogP contribution is -2.30. The average Bonchev–Trinajstić information content (AvgIpc) is 3.30. The number of hydrogen-bond acceptors (Lipinski definition) is 5. The van der Waals surface area contributed by atoms with Crippen molar-refractivity contribution in [1.29, 1.82) is 0 Å². The number of likely N-dealkylation sites (tertiary alicyclic amines) is 1. The predicted octanol–water partition coefficient (Wildman–Crippen LogP) is 2.61. The lowest BCUT2D eigenvalue weighted by atomic mass is 9.82. The molecule has 1 aliphatic carbocycles. The second kappa shape index (κ2) is 6.55. The molecule has 2 aromatic rings. The number of amides is 1. The molecule has 1 aromatic carbocycles. The number of fused-ring (bicyclic) bond motifs is 2. The molecule has 3 aliphatic rings. The Morgan fingerprint density at radius 1 is 1.07 bits per heavy atom. The Balaban J connectivity index is 1.39. The molecule has 0 unspecified atom stereocenters. The predicted molar refractivity (Wildman–Crippen MR) is 98.4 cm³/mol. The molecule has 3 heterocycles. The first-order valence-corrected chi connectivity index (χ1v) is 9.82. The summed E-state index contributed by atoms with van der Waals surface area (Å²) in [6.07, 6.45) is 5.08. The van der Waals surface area contributed by atoms with Crippen molar-refractivity contribution in [3.05, 3.63) is 29.6 Å². The highest BCUT2D eigenvalue weighted by Gasteiger charge is 2.38. The molecule has 5 rings (SSSR count). The van der Waals surface area contributed by atoms with Crippen molar-refractivity contribution >= 4 is 5.91 Å². The molecule has 2 aliphatic heterocycles. The summed E-state index contributed by atoms with van der Waals surface area (Å²) < 4.78 is 12.9. The Bertz CT molecular complexity index is 864. The molecule has 7 heteroatoms. The van der Waals surface area contributed by atoms with Crippen LogP contribution in [-0.4, -0.2) is 52.1 Å². The highest BCUT2D eigenvalue weighted by Crippen LogP contribution is 2.37. The Morgan fingerprint density at radius 3 is 2.52 bits per heavy atom. The summed E-state index contributed by atoms with van der Waals surface area (Å²) in [5, 5.41) is 8.46. The van der Waals surface area contributed by atoms with E-state index in [-0.39, 0.29) is 5.91 Å². The van der Waals surface area contributed by atoms with Crippen molar-refractivity contribution in [2.75, 3.05) is 26.3 Å². The zero-order valence-corrected chi connectivity index (χ0v) is 15.6. The Kier molecular flexibility index (Phi) is 4.02. The van der Waals surface area contributed by atoms with Gasteiger partial charge in [0, 0.05) is 19.2 Å². The van der Waals surface area contributed by atoms with Gasteiger partial charge in [-0.05, 0) is 43.7 Å². The lowest BCUT2D eigenvalue weighted by Gasteiger charge is -2.22. The van der Waals surface area contributed by atoms with Gasteiger partial charge in [0.1, 0.15) is 13.2 Å². The molecular weight excluding hydrogens is 344 g/mol. The van der Waals surface area contributed by atoms with Gasteiger partial charge in [-0.25, -0.2) is 4.68 Å². The zero-order valence-electron chi connectivity index (χ0n) is 15.6. The van der Waals surface area contributed by atoms with E-state index in [4.69, 9.17) is 9.47 Å². The van der Waals surface area contributed by atoms with Gasteiger partial charge in [0.15, 0.2) is 17.2 Å².